The van der Waals surface area contributed by atoms with E-state index in [1.54, 1.807) is 0 Å². The quantitative estimate of drug-likeness (QED) is 0.575. The second-order valence-corrected chi connectivity index (χ2v) is 3.25. The Bertz CT molecular complexity index is 175. The van der Waals surface area contributed by atoms with Crippen LogP contribution in [0.3, 0.4) is 0 Å². The third kappa shape index (κ3) is 1.32. The van der Waals surface area contributed by atoms with E-state index in [0.717, 1.165) is 5.92 Å². The van der Waals surface area contributed by atoms with Crippen molar-refractivity contribution in [3.05, 3.63) is 0 Å². The molecule has 0 N–H and O–H groups in total. The molecule has 1 heterocycles. The highest BCUT2D eigenvalue weighted by molar-refractivity contribution is 5.72. The standard InChI is InChI=1S/C8H13NO2/c1-6-9-10-5-8(11-6)7-3-2-4-7/h7-8H,2-5H2,1H3. The molecule has 3 nitrogen and oxygen atoms in total. The Hall–Kier alpha value is -0.730. The van der Waals surface area contributed by atoms with Crippen molar-refractivity contribution in [2.24, 2.45) is 11.1 Å². The SMILES string of the molecule is CC1=NOCC(C2CCC2)O1. The minimum atomic E-state index is 0.279. The highest BCUT2D eigenvalue weighted by Crippen LogP contribution is 2.32. The molecule has 1 fully saturated rings. The molecule has 1 aliphatic carbocycles. The molecule has 0 radical (unpaired) electrons. The van der Waals surface area contributed by atoms with Crippen molar-refractivity contribution in [1.82, 2.24) is 0 Å². The van der Waals surface area contributed by atoms with Crippen molar-refractivity contribution in [3.8, 4) is 0 Å². The first-order valence-corrected chi connectivity index (χ1v) is 4.19. The Morgan fingerprint density at radius 3 is 2.82 bits per heavy atom. The van der Waals surface area contributed by atoms with Gasteiger partial charge in [-0.2, -0.15) is 0 Å². The van der Waals surface area contributed by atoms with Gasteiger partial charge in [0.05, 0.1) is 0 Å². The second kappa shape index (κ2) is 2.72. The first-order chi connectivity index (χ1) is 5.36. The van der Waals surface area contributed by atoms with Crippen molar-refractivity contribution in [1.29, 1.82) is 0 Å². The van der Waals surface area contributed by atoms with Crippen molar-refractivity contribution >= 4 is 5.90 Å². The number of ether oxygens (including phenoxy) is 1. The summed E-state index contributed by atoms with van der Waals surface area (Å²) in [5.41, 5.74) is 0. The van der Waals surface area contributed by atoms with Gasteiger partial charge in [-0.15, -0.1) is 0 Å². The lowest BCUT2D eigenvalue weighted by Gasteiger charge is -2.34. The van der Waals surface area contributed by atoms with E-state index in [-0.39, 0.29) is 6.10 Å². The van der Waals surface area contributed by atoms with Crippen LogP contribution in [0.5, 0.6) is 0 Å². The van der Waals surface area contributed by atoms with E-state index < -0.39 is 0 Å². The summed E-state index contributed by atoms with van der Waals surface area (Å²) < 4.78 is 5.52. The van der Waals surface area contributed by atoms with Crippen molar-refractivity contribution in [2.75, 3.05) is 6.61 Å². The highest BCUT2D eigenvalue weighted by Gasteiger charge is 2.31. The fourth-order valence-corrected chi connectivity index (χ4v) is 1.52. The van der Waals surface area contributed by atoms with Crippen LogP contribution in [0.15, 0.2) is 5.16 Å². The molecule has 0 amide bonds. The van der Waals surface area contributed by atoms with Crippen molar-refractivity contribution < 1.29 is 9.57 Å². The van der Waals surface area contributed by atoms with E-state index in [1.165, 1.54) is 19.3 Å². The molecule has 0 spiro atoms. The Labute approximate surface area is 66.4 Å². The lowest BCUT2D eigenvalue weighted by Crippen LogP contribution is -2.36. The summed E-state index contributed by atoms with van der Waals surface area (Å²) in [5.74, 6) is 1.40. The zero-order valence-corrected chi connectivity index (χ0v) is 6.75. The number of nitrogens with zero attached hydrogens (tertiary/aromatic N) is 1. The van der Waals surface area contributed by atoms with Crippen LogP contribution >= 0.6 is 0 Å². The molecule has 62 valence electrons. The zero-order valence-electron chi connectivity index (χ0n) is 6.75. The monoisotopic (exact) mass is 155 g/mol. The zero-order chi connectivity index (χ0) is 7.68. The molecule has 1 atom stereocenters. The van der Waals surface area contributed by atoms with E-state index in [0.29, 0.717) is 12.5 Å². The molecule has 0 aromatic carbocycles. The van der Waals surface area contributed by atoms with Gasteiger partial charge in [-0.1, -0.05) is 11.6 Å². The maximum atomic E-state index is 5.52. The third-order valence-corrected chi connectivity index (χ3v) is 2.43. The summed E-state index contributed by atoms with van der Waals surface area (Å²) in [6, 6.07) is 0. The largest absolute Gasteiger partial charge is 0.471 e. The number of oxime groups is 1. The predicted octanol–water partition coefficient (Wildman–Crippen LogP) is 1.54. The van der Waals surface area contributed by atoms with Crippen LogP contribution in [0.25, 0.3) is 0 Å². The molecular formula is C8H13NO2. The number of hydrogen-bond acceptors (Lipinski definition) is 3. The topological polar surface area (TPSA) is 30.8 Å². The van der Waals surface area contributed by atoms with Crippen LogP contribution in [0.2, 0.25) is 0 Å². The smallest absolute Gasteiger partial charge is 0.222 e. The Balaban J connectivity index is 1.90. The fourth-order valence-electron chi connectivity index (χ4n) is 1.52. The summed E-state index contributed by atoms with van der Waals surface area (Å²) >= 11 is 0. The molecule has 3 heteroatoms. The van der Waals surface area contributed by atoms with Gasteiger partial charge in [0.2, 0.25) is 5.90 Å². The van der Waals surface area contributed by atoms with Gasteiger partial charge in [0.1, 0.15) is 6.10 Å². The van der Waals surface area contributed by atoms with Crippen molar-refractivity contribution in [3.63, 3.8) is 0 Å². The minimum Gasteiger partial charge on any atom is -0.471 e. The van der Waals surface area contributed by atoms with E-state index in [9.17, 15) is 0 Å². The summed E-state index contributed by atoms with van der Waals surface area (Å²) in [6.07, 6.45) is 4.21. The normalized spacial score (nSPS) is 31.4. The van der Waals surface area contributed by atoms with Crippen LogP contribution in [-0.2, 0) is 9.57 Å². The lowest BCUT2D eigenvalue weighted by atomic mass is 9.81. The predicted molar refractivity (Wildman–Crippen MR) is 41.3 cm³/mol. The van der Waals surface area contributed by atoms with Crippen LogP contribution < -0.4 is 0 Å². The molecule has 11 heavy (non-hydrogen) atoms. The average Bonchev–Trinajstić information content (AvgIpc) is 1.83. The molecule has 1 aliphatic heterocycles. The van der Waals surface area contributed by atoms with Crippen LogP contribution in [0.4, 0.5) is 0 Å². The van der Waals surface area contributed by atoms with Crippen molar-refractivity contribution in [2.45, 2.75) is 32.3 Å². The maximum absolute atomic E-state index is 5.52. The number of hydrogen-bond donors (Lipinski definition) is 0. The Morgan fingerprint density at radius 1 is 1.45 bits per heavy atom. The second-order valence-electron chi connectivity index (χ2n) is 3.25. The molecule has 0 saturated heterocycles. The maximum Gasteiger partial charge on any atom is 0.222 e. The molecule has 2 rings (SSSR count). The minimum absolute atomic E-state index is 0.279. The lowest BCUT2D eigenvalue weighted by molar-refractivity contribution is -0.0377. The third-order valence-electron chi connectivity index (χ3n) is 2.43. The summed E-state index contributed by atoms with van der Waals surface area (Å²) in [5, 5.41) is 3.72. The summed E-state index contributed by atoms with van der Waals surface area (Å²) in [6.45, 7) is 2.48. The number of rotatable bonds is 1. The molecule has 1 unspecified atom stereocenters. The molecule has 0 bridgehead atoms. The van der Waals surface area contributed by atoms with Gasteiger partial charge in [-0.05, 0) is 18.8 Å². The van der Waals surface area contributed by atoms with Crippen LogP contribution in [0.1, 0.15) is 26.2 Å². The Morgan fingerprint density at radius 2 is 2.27 bits per heavy atom. The van der Waals surface area contributed by atoms with Gasteiger partial charge in [0.25, 0.3) is 0 Å². The molecule has 0 aromatic heterocycles. The molecule has 2 aliphatic rings. The van der Waals surface area contributed by atoms with Crippen LogP contribution in [-0.4, -0.2) is 18.6 Å². The van der Waals surface area contributed by atoms with Gasteiger partial charge < -0.3 is 9.57 Å². The van der Waals surface area contributed by atoms with E-state index in [1.807, 2.05) is 6.92 Å². The molecular weight excluding hydrogens is 142 g/mol. The van der Waals surface area contributed by atoms with Gasteiger partial charge >= 0.3 is 0 Å². The summed E-state index contributed by atoms with van der Waals surface area (Å²) in [4.78, 5) is 5.01. The average molecular weight is 155 g/mol. The van der Waals surface area contributed by atoms with Gasteiger partial charge in [-0.25, -0.2) is 0 Å². The van der Waals surface area contributed by atoms with E-state index in [2.05, 4.69) is 5.16 Å². The van der Waals surface area contributed by atoms with Gasteiger partial charge in [-0.3, -0.25) is 0 Å². The van der Waals surface area contributed by atoms with E-state index >= 15 is 0 Å². The Kier molecular flexibility index (Phi) is 1.72. The highest BCUT2D eigenvalue weighted by atomic mass is 16.7. The summed E-state index contributed by atoms with van der Waals surface area (Å²) in [7, 11) is 0. The molecule has 0 aromatic rings. The fraction of sp³-hybridized carbons (Fsp3) is 0.875. The first kappa shape index (κ1) is 6.95. The molecule has 1 saturated carbocycles. The first-order valence-electron chi connectivity index (χ1n) is 4.19. The van der Waals surface area contributed by atoms with Gasteiger partial charge in [0, 0.05) is 6.92 Å². The van der Waals surface area contributed by atoms with E-state index in [4.69, 9.17) is 9.57 Å². The van der Waals surface area contributed by atoms with Gasteiger partial charge in [0.15, 0.2) is 6.61 Å². The van der Waals surface area contributed by atoms with Crippen LogP contribution in [0, 0.1) is 5.92 Å².